The van der Waals surface area contributed by atoms with Gasteiger partial charge in [0.15, 0.2) is 4.90 Å². The molecule has 1 heterocycles. The topological polar surface area (TPSA) is 107 Å². The minimum atomic E-state index is -4.40. The van der Waals surface area contributed by atoms with E-state index in [1.165, 1.54) is 29.2 Å². The number of para-hydroxylation sites is 1. The molecule has 154 valence electrons. The maximum atomic E-state index is 12.5. The van der Waals surface area contributed by atoms with Gasteiger partial charge in [0, 0.05) is 12.6 Å². The van der Waals surface area contributed by atoms with E-state index in [2.05, 4.69) is 6.58 Å². The van der Waals surface area contributed by atoms with E-state index in [0.717, 1.165) is 23.9 Å². The monoisotopic (exact) mass is 462 g/mol. The molecule has 1 amide bonds. The van der Waals surface area contributed by atoms with Gasteiger partial charge in [0.05, 0.1) is 9.83 Å². The second-order valence-corrected chi connectivity index (χ2v) is 9.10. The molecular weight excluding hydrogens is 448 g/mol. The Hall–Kier alpha value is -3.02. The van der Waals surface area contributed by atoms with E-state index in [1.807, 2.05) is 0 Å². The van der Waals surface area contributed by atoms with Crippen LogP contribution in [0.1, 0.15) is 5.56 Å². The van der Waals surface area contributed by atoms with Crippen LogP contribution in [0.25, 0.3) is 6.08 Å². The largest absolute Gasteiger partial charge is 0.379 e. The summed E-state index contributed by atoms with van der Waals surface area (Å²) in [4.78, 5) is 24.0. The molecule has 1 fully saturated rings. The highest BCUT2D eigenvalue weighted by Gasteiger charge is 2.31. The third-order valence-corrected chi connectivity index (χ3v) is 6.57. The first-order chi connectivity index (χ1) is 14.2. The van der Waals surface area contributed by atoms with Crippen molar-refractivity contribution in [2.75, 3.05) is 6.54 Å². The molecule has 0 aliphatic carbocycles. The smallest absolute Gasteiger partial charge is 0.346 e. The van der Waals surface area contributed by atoms with Crippen molar-refractivity contribution in [2.24, 2.45) is 0 Å². The lowest BCUT2D eigenvalue weighted by atomic mass is 10.2. The van der Waals surface area contributed by atoms with Crippen LogP contribution in [0.4, 0.5) is 5.69 Å². The van der Waals surface area contributed by atoms with Gasteiger partial charge >= 0.3 is 10.1 Å². The Balaban J connectivity index is 1.80. The molecule has 30 heavy (non-hydrogen) atoms. The van der Waals surface area contributed by atoms with Crippen LogP contribution in [-0.2, 0) is 14.9 Å². The number of nitrogens with zero attached hydrogens (tertiary/aromatic N) is 2. The summed E-state index contributed by atoms with van der Waals surface area (Å²) in [6.45, 7) is 3.91. The molecular formula is C19H14N2O6S3. The summed E-state index contributed by atoms with van der Waals surface area (Å²) in [5, 5.41) is 11.1. The highest BCUT2D eigenvalue weighted by Crippen LogP contribution is 2.33. The number of nitro groups is 1. The Morgan fingerprint density at radius 1 is 1.20 bits per heavy atom. The number of hydrogen-bond donors (Lipinski definition) is 0. The van der Waals surface area contributed by atoms with Gasteiger partial charge < -0.3 is 4.18 Å². The number of benzene rings is 2. The van der Waals surface area contributed by atoms with Crippen LogP contribution in [0.15, 0.2) is 71.0 Å². The molecule has 1 aliphatic heterocycles. The molecule has 2 aromatic rings. The number of rotatable bonds is 7. The number of hydrogen-bond acceptors (Lipinski definition) is 8. The van der Waals surface area contributed by atoms with Crippen molar-refractivity contribution in [3.63, 3.8) is 0 Å². The van der Waals surface area contributed by atoms with Gasteiger partial charge in [0.2, 0.25) is 0 Å². The number of carbonyl (C=O) groups is 1. The lowest BCUT2D eigenvalue weighted by Gasteiger charge is -2.10. The van der Waals surface area contributed by atoms with E-state index in [0.29, 0.717) is 21.3 Å². The maximum Gasteiger partial charge on any atom is 0.346 e. The van der Waals surface area contributed by atoms with Crippen LogP contribution in [0.2, 0.25) is 0 Å². The van der Waals surface area contributed by atoms with Gasteiger partial charge in [-0.05, 0) is 29.8 Å². The number of nitro benzene ring substituents is 1. The fourth-order valence-corrected chi connectivity index (χ4v) is 4.92. The minimum absolute atomic E-state index is 0.0236. The van der Waals surface area contributed by atoms with Crippen molar-refractivity contribution in [3.05, 3.63) is 81.8 Å². The highest BCUT2D eigenvalue weighted by atomic mass is 32.2. The van der Waals surface area contributed by atoms with Gasteiger partial charge in [-0.3, -0.25) is 19.8 Å². The zero-order chi connectivity index (χ0) is 21.9. The van der Waals surface area contributed by atoms with Crippen molar-refractivity contribution in [1.82, 2.24) is 4.90 Å². The van der Waals surface area contributed by atoms with Gasteiger partial charge in [-0.2, -0.15) is 8.42 Å². The van der Waals surface area contributed by atoms with Crippen molar-refractivity contribution >= 4 is 56.1 Å². The number of thiocarbonyl (C=S) groups is 1. The van der Waals surface area contributed by atoms with Crippen LogP contribution in [0, 0.1) is 10.1 Å². The van der Waals surface area contributed by atoms with E-state index in [9.17, 15) is 23.3 Å². The summed E-state index contributed by atoms with van der Waals surface area (Å²) in [5.74, 6) is -0.256. The molecule has 3 rings (SSSR count). The van der Waals surface area contributed by atoms with Crippen LogP contribution < -0.4 is 4.18 Å². The Morgan fingerprint density at radius 3 is 2.50 bits per heavy atom. The second-order valence-electron chi connectivity index (χ2n) is 5.91. The zero-order valence-corrected chi connectivity index (χ0v) is 17.7. The van der Waals surface area contributed by atoms with Crippen molar-refractivity contribution in [1.29, 1.82) is 0 Å². The normalized spacial score (nSPS) is 15.5. The minimum Gasteiger partial charge on any atom is -0.379 e. The summed E-state index contributed by atoms with van der Waals surface area (Å²) < 4.78 is 30.4. The van der Waals surface area contributed by atoms with E-state index >= 15 is 0 Å². The number of thioether (sulfide) groups is 1. The van der Waals surface area contributed by atoms with Crippen LogP contribution in [-0.4, -0.2) is 35.0 Å². The van der Waals surface area contributed by atoms with Crippen molar-refractivity contribution < 1.29 is 22.3 Å². The van der Waals surface area contributed by atoms with E-state index in [-0.39, 0.29) is 11.7 Å². The van der Waals surface area contributed by atoms with Crippen molar-refractivity contribution in [3.8, 4) is 5.75 Å². The molecule has 0 saturated carbocycles. The molecule has 8 nitrogen and oxygen atoms in total. The predicted molar refractivity (Wildman–Crippen MR) is 117 cm³/mol. The molecule has 1 saturated heterocycles. The average Bonchev–Trinajstić information content (AvgIpc) is 2.97. The first-order valence-electron chi connectivity index (χ1n) is 8.37. The third-order valence-electron chi connectivity index (χ3n) is 3.90. The summed E-state index contributed by atoms with van der Waals surface area (Å²) in [5.41, 5.74) is 0.0558. The van der Waals surface area contributed by atoms with Gasteiger partial charge in [-0.25, -0.2) is 0 Å². The van der Waals surface area contributed by atoms with Crippen molar-refractivity contribution in [2.45, 2.75) is 4.90 Å². The zero-order valence-electron chi connectivity index (χ0n) is 15.3. The maximum absolute atomic E-state index is 12.5. The fraction of sp³-hybridized carbons (Fsp3) is 0.0526. The Labute approximate surface area is 182 Å². The fourth-order valence-electron chi connectivity index (χ4n) is 2.55. The molecule has 1 aliphatic rings. The molecule has 11 heteroatoms. The number of amides is 1. The predicted octanol–water partition coefficient (Wildman–Crippen LogP) is 3.75. The summed E-state index contributed by atoms with van der Waals surface area (Å²) in [6, 6.07) is 10.8. The van der Waals surface area contributed by atoms with Crippen LogP contribution in [0.3, 0.4) is 0 Å². The van der Waals surface area contributed by atoms with E-state index in [4.69, 9.17) is 16.4 Å². The summed E-state index contributed by atoms with van der Waals surface area (Å²) >= 11 is 6.34. The SMILES string of the molecule is C=CCN1C(=O)/C(=C/c2ccc(OS(=O)(=O)c3ccccc3[N+](=O)[O-])cc2)SC1=S. The van der Waals surface area contributed by atoms with Gasteiger partial charge in [0.25, 0.3) is 11.6 Å². The molecule has 2 aromatic carbocycles. The third kappa shape index (κ3) is 4.58. The van der Waals surface area contributed by atoms with E-state index < -0.39 is 25.6 Å². The lowest BCUT2D eigenvalue weighted by Crippen LogP contribution is -2.27. The number of carbonyl (C=O) groups excluding carboxylic acids is 1. The quantitative estimate of drug-likeness (QED) is 0.153. The van der Waals surface area contributed by atoms with E-state index in [1.54, 1.807) is 24.3 Å². The van der Waals surface area contributed by atoms with Gasteiger partial charge in [0.1, 0.15) is 10.1 Å². The van der Waals surface area contributed by atoms with Crippen LogP contribution in [0.5, 0.6) is 5.75 Å². The average molecular weight is 463 g/mol. The Morgan fingerprint density at radius 2 is 1.87 bits per heavy atom. The molecule has 0 spiro atoms. The first-order valence-corrected chi connectivity index (χ1v) is 11.0. The van der Waals surface area contributed by atoms with Gasteiger partial charge in [-0.1, -0.05) is 54.3 Å². The molecule has 0 unspecified atom stereocenters. The molecule has 0 bridgehead atoms. The molecule has 0 atom stereocenters. The Bertz CT molecular complexity index is 1170. The first kappa shape index (κ1) is 21.7. The lowest BCUT2D eigenvalue weighted by molar-refractivity contribution is -0.387. The summed E-state index contributed by atoms with van der Waals surface area (Å²) in [6.07, 6.45) is 3.21. The Kier molecular flexibility index (Phi) is 6.34. The molecule has 0 aromatic heterocycles. The highest BCUT2D eigenvalue weighted by molar-refractivity contribution is 8.26. The standard InChI is InChI=1S/C19H14N2O6S3/c1-2-11-20-18(22)16(29-19(20)28)12-13-7-9-14(10-8-13)27-30(25,26)17-6-4-3-5-15(17)21(23)24/h2-10,12H,1,11H2/b16-12-. The molecule has 0 radical (unpaired) electrons. The van der Waals surface area contributed by atoms with Crippen LogP contribution >= 0.6 is 24.0 Å². The van der Waals surface area contributed by atoms with Gasteiger partial charge in [-0.15, -0.1) is 6.58 Å². The molecule has 0 N–H and O–H groups in total. The summed E-state index contributed by atoms with van der Waals surface area (Å²) in [7, 11) is -4.40. The second kappa shape index (κ2) is 8.78.